The number of benzene rings is 2. The lowest BCUT2D eigenvalue weighted by Crippen LogP contribution is -2.30. The third kappa shape index (κ3) is 4.38. The molecule has 1 N–H and O–H groups in total. The van der Waals surface area contributed by atoms with Crippen LogP contribution in [0.4, 0.5) is 14.5 Å². The molecular formula is C18H17F2NO3. The summed E-state index contributed by atoms with van der Waals surface area (Å²) in [6, 6.07) is 7.98. The number of hydrogen-bond acceptors (Lipinski definition) is 3. The first-order chi connectivity index (χ1) is 11.3. The van der Waals surface area contributed by atoms with E-state index in [1.54, 1.807) is 12.1 Å². The van der Waals surface area contributed by atoms with Gasteiger partial charge in [0.1, 0.15) is 11.6 Å². The van der Waals surface area contributed by atoms with Gasteiger partial charge >= 0.3 is 5.97 Å². The van der Waals surface area contributed by atoms with E-state index in [0.717, 1.165) is 23.3 Å². The maximum Gasteiger partial charge on any atom is 0.338 e. The Morgan fingerprint density at radius 3 is 2.25 bits per heavy atom. The molecular weight excluding hydrogens is 316 g/mol. The fourth-order valence-electron chi connectivity index (χ4n) is 2.20. The van der Waals surface area contributed by atoms with Crippen molar-refractivity contribution in [3.63, 3.8) is 0 Å². The molecule has 1 unspecified atom stereocenters. The summed E-state index contributed by atoms with van der Waals surface area (Å²) in [5, 5.41) is 2.26. The number of anilines is 1. The van der Waals surface area contributed by atoms with Crippen LogP contribution in [0.3, 0.4) is 0 Å². The van der Waals surface area contributed by atoms with E-state index in [1.165, 1.54) is 6.92 Å². The molecule has 0 aliphatic rings. The molecule has 1 atom stereocenters. The van der Waals surface area contributed by atoms with Crippen molar-refractivity contribution in [1.82, 2.24) is 0 Å². The highest BCUT2D eigenvalue weighted by Gasteiger charge is 2.20. The van der Waals surface area contributed by atoms with Crippen LogP contribution in [0.15, 0.2) is 36.4 Å². The van der Waals surface area contributed by atoms with Crippen LogP contribution in [0.5, 0.6) is 0 Å². The van der Waals surface area contributed by atoms with Gasteiger partial charge < -0.3 is 10.1 Å². The highest BCUT2D eigenvalue weighted by molar-refractivity contribution is 5.97. The summed E-state index contributed by atoms with van der Waals surface area (Å²) >= 11 is 0. The average Bonchev–Trinajstić information content (AvgIpc) is 2.48. The maximum atomic E-state index is 13.5. The number of aryl methyl sites for hydroxylation is 2. The van der Waals surface area contributed by atoms with Gasteiger partial charge in [0.25, 0.3) is 5.91 Å². The summed E-state index contributed by atoms with van der Waals surface area (Å²) in [6.45, 7) is 5.06. The lowest BCUT2D eigenvalue weighted by atomic mass is 10.1. The summed E-state index contributed by atoms with van der Waals surface area (Å²) in [4.78, 5) is 24.1. The number of hydrogen-bond donors (Lipinski definition) is 1. The number of nitrogens with one attached hydrogen (secondary N) is 1. The molecule has 24 heavy (non-hydrogen) atoms. The van der Waals surface area contributed by atoms with Crippen molar-refractivity contribution < 1.29 is 23.1 Å². The van der Waals surface area contributed by atoms with Crippen molar-refractivity contribution in [2.45, 2.75) is 26.9 Å². The monoisotopic (exact) mass is 333 g/mol. The number of halogens is 2. The van der Waals surface area contributed by atoms with Gasteiger partial charge in [0.15, 0.2) is 6.10 Å². The van der Waals surface area contributed by atoms with Crippen LogP contribution < -0.4 is 5.32 Å². The molecule has 6 heteroatoms. The van der Waals surface area contributed by atoms with E-state index in [4.69, 9.17) is 4.74 Å². The third-order valence-corrected chi connectivity index (χ3v) is 3.30. The van der Waals surface area contributed by atoms with E-state index < -0.39 is 29.6 Å². The number of carbonyl (C=O) groups is 2. The number of amides is 1. The molecule has 0 saturated heterocycles. The Morgan fingerprint density at radius 2 is 1.67 bits per heavy atom. The average molecular weight is 333 g/mol. The van der Waals surface area contributed by atoms with Gasteiger partial charge in [-0.1, -0.05) is 17.2 Å². The Bertz CT molecular complexity index is 770. The molecule has 0 aliphatic heterocycles. The van der Waals surface area contributed by atoms with Crippen LogP contribution in [-0.4, -0.2) is 18.0 Å². The minimum absolute atomic E-state index is 0.185. The summed E-state index contributed by atoms with van der Waals surface area (Å²) < 4.78 is 31.5. The zero-order chi connectivity index (χ0) is 17.9. The van der Waals surface area contributed by atoms with Crippen molar-refractivity contribution in [3.05, 3.63) is 64.7 Å². The molecule has 4 nitrogen and oxygen atoms in total. The van der Waals surface area contributed by atoms with Crippen LogP contribution in [0.25, 0.3) is 0 Å². The van der Waals surface area contributed by atoms with E-state index in [-0.39, 0.29) is 5.69 Å². The largest absolute Gasteiger partial charge is 0.449 e. The van der Waals surface area contributed by atoms with Gasteiger partial charge in [0.2, 0.25) is 0 Å². The lowest BCUT2D eigenvalue weighted by Gasteiger charge is -2.14. The summed E-state index contributed by atoms with van der Waals surface area (Å²) in [5.74, 6) is -3.02. The topological polar surface area (TPSA) is 55.4 Å². The molecule has 126 valence electrons. The maximum absolute atomic E-state index is 13.5. The Balaban J connectivity index is 2.04. The third-order valence-electron chi connectivity index (χ3n) is 3.30. The van der Waals surface area contributed by atoms with Crippen molar-refractivity contribution in [1.29, 1.82) is 0 Å². The predicted molar refractivity (Wildman–Crippen MR) is 85.8 cm³/mol. The molecule has 2 aromatic rings. The molecule has 0 aromatic heterocycles. The van der Waals surface area contributed by atoms with Gasteiger partial charge in [-0.05, 0) is 45.0 Å². The van der Waals surface area contributed by atoms with Gasteiger partial charge in [-0.3, -0.25) is 4.79 Å². The quantitative estimate of drug-likeness (QED) is 0.867. The Hall–Kier alpha value is -2.76. The molecule has 0 aliphatic carbocycles. The summed E-state index contributed by atoms with van der Waals surface area (Å²) in [7, 11) is 0. The normalized spacial score (nSPS) is 11.7. The van der Waals surface area contributed by atoms with Crippen LogP contribution in [0.2, 0.25) is 0 Å². The molecule has 0 radical (unpaired) electrons. The second kappa shape index (κ2) is 7.21. The van der Waals surface area contributed by atoms with Gasteiger partial charge in [0, 0.05) is 6.07 Å². The SMILES string of the molecule is Cc1cc(C)cc(C(=O)OC(C)C(=O)Nc2ccc(F)cc2F)c1. The Labute approximate surface area is 138 Å². The minimum Gasteiger partial charge on any atom is -0.449 e. The van der Waals surface area contributed by atoms with Crippen LogP contribution >= 0.6 is 0 Å². The first kappa shape index (κ1) is 17.6. The molecule has 0 heterocycles. The van der Waals surface area contributed by atoms with Gasteiger partial charge in [0.05, 0.1) is 11.3 Å². The van der Waals surface area contributed by atoms with Crippen molar-refractivity contribution >= 4 is 17.6 Å². The van der Waals surface area contributed by atoms with Gasteiger partial charge in [-0.15, -0.1) is 0 Å². The van der Waals surface area contributed by atoms with E-state index >= 15 is 0 Å². The molecule has 0 fully saturated rings. The van der Waals surface area contributed by atoms with Gasteiger partial charge in [-0.25, -0.2) is 13.6 Å². The summed E-state index contributed by atoms with van der Waals surface area (Å²) in [6.07, 6.45) is -1.14. The van der Waals surface area contributed by atoms with E-state index in [0.29, 0.717) is 11.6 Å². The van der Waals surface area contributed by atoms with Crippen molar-refractivity contribution in [2.24, 2.45) is 0 Å². The predicted octanol–water partition coefficient (Wildman–Crippen LogP) is 3.77. The molecule has 0 bridgehead atoms. The fraction of sp³-hybridized carbons (Fsp3) is 0.222. The van der Waals surface area contributed by atoms with Gasteiger partial charge in [-0.2, -0.15) is 0 Å². The first-order valence-electron chi connectivity index (χ1n) is 7.31. The lowest BCUT2D eigenvalue weighted by molar-refractivity contribution is -0.123. The Morgan fingerprint density at radius 1 is 1.04 bits per heavy atom. The van der Waals surface area contributed by atoms with E-state index in [2.05, 4.69) is 5.32 Å². The van der Waals surface area contributed by atoms with E-state index in [9.17, 15) is 18.4 Å². The van der Waals surface area contributed by atoms with Crippen LogP contribution in [-0.2, 0) is 9.53 Å². The standard InChI is InChI=1S/C18H17F2NO3/c1-10-6-11(2)8-13(7-10)18(23)24-12(3)17(22)21-16-5-4-14(19)9-15(16)20/h4-9,12H,1-3H3,(H,21,22). The fourth-order valence-corrected chi connectivity index (χ4v) is 2.20. The highest BCUT2D eigenvalue weighted by Crippen LogP contribution is 2.16. The first-order valence-corrected chi connectivity index (χ1v) is 7.31. The number of ether oxygens (including phenoxy) is 1. The number of rotatable bonds is 4. The van der Waals surface area contributed by atoms with Crippen molar-refractivity contribution in [3.8, 4) is 0 Å². The second-order valence-electron chi connectivity index (χ2n) is 5.54. The van der Waals surface area contributed by atoms with Crippen LogP contribution in [0.1, 0.15) is 28.4 Å². The number of carbonyl (C=O) groups excluding carboxylic acids is 2. The molecule has 2 rings (SSSR count). The Kier molecular flexibility index (Phi) is 5.28. The molecule has 0 spiro atoms. The zero-order valence-corrected chi connectivity index (χ0v) is 13.5. The smallest absolute Gasteiger partial charge is 0.338 e. The molecule has 2 aromatic carbocycles. The van der Waals surface area contributed by atoms with Crippen molar-refractivity contribution in [2.75, 3.05) is 5.32 Å². The zero-order valence-electron chi connectivity index (χ0n) is 13.5. The van der Waals surface area contributed by atoms with Crippen LogP contribution in [0, 0.1) is 25.5 Å². The molecule has 1 amide bonds. The highest BCUT2D eigenvalue weighted by atomic mass is 19.1. The minimum atomic E-state index is -1.14. The molecule has 0 saturated carbocycles. The second-order valence-corrected chi connectivity index (χ2v) is 5.54. The van der Waals surface area contributed by atoms with E-state index in [1.807, 2.05) is 19.9 Å². The summed E-state index contributed by atoms with van der Waals surface area (Å²) in [5.41, 5.74) is 1.94. The number of esters is 1.